The number of carboxylic acids is 1. The molecule has 3 nitrogen and oxygen atoms in total. The van der Waals surface area contributed by atoms with Gasteiger partial charge in [0.15, 0.2) is 0 Å². The Morgan fingerprint density at radius 3 is 2.82 bits per heavy atom. The second-order valence-electron chi connectivity index (χ2n) is 3.51. The van der Waals surface area contributed by atoms with Gasteiger partial charge in [-0.2, -0.15) is 0 Å². The fourth-order valence-corrected chi connectivity index (χ4v) is 3.88. The number of carboxylic acid groups (broad SMARTS) is 1. The van der Waals surface area contributed by atoms with Crippen LogP contribution in [0, 0.1) is 0 Å². The molecular formula is C11H10BrNO2S2. The molecule has 0 radical (unpaired) electrons. The first kappa shape index (κ1) is 12.7. The number of aliphatic carboxylic acids is 1. The van der Waals surface area contributed by atoms with Crippen LogP contribution in [0.1, 0.15) is 25.0 Å². The van der Waals surface area contributed by atoms with Crippen LogP contribution in [0.5, 0.6) is 0 Å². The van der Waals surface area contributed by atoms with Gasteiger partial charge >= 0.3 is 5.97 Å². The van der Waals surface area contributed by atoms with Crippen LogP contribution < -0.4 is 0 Å². The second kappa shape index (κ2) is 5.29. The number of thiophene rings is 1. The Kier molecular flexibility index (Phi) is 3.96. The van der Waals surface area contributed by atoms with E-state index in [0.29, 0.717) is 12.1 Å². The Balaban J connectivity index is 2.29. The summed E-state index contributed by atoms with van der Waals surface area (Å²) < 4.78 is 1.03. The van der Waals surface area contributed by atoms with Crippen LogP contribution in [0.2, 0.25) is 0 Å². The van der Waals surface area contributed by atoms with Crippen LogP contribution in [-0.4, -0.2) is 16.1 Å². The van der Waals surface area contributed by atoms with E-state index in [1.54, 1.807) is 11.3 Å². The van der Waals surface area contributed by atoms with Gasteiger partial charge in [-0.3, -0.25) is 4.79 Å². The van der Waals surface area contributed by atoms with Crippen molar-refractivity contribution in [1.29, 1.82) is 0 Å². The van der Waals surface area contributed by atoms with Gasteiger partial charge in [0.25, 0.3) is 0 Å². The highest BCUT2D eigenvalue weighted by Crippen LogP contribution is 2.33. The van der Waals surface area contributed by atoms with Crippen molar-refractivity contribution < 1.29 is 9.90 Å². The van der Waals surface area contributed by atoms with Gasteiger partial charge in [0.2, 0.25) is 0 Å². The minimum Gasteiger partial charge on any atom is -0.481 e. The fraction of sp³-hybridized carbons (Fsp3) is 0.273. The lowest BCUT2D eigenvalue weighted by molar-refractivity contribution is -0.138. The number of nitrogens with zero attached hydrogens (tertiary/aromatic N) is 1. The number of hydrogen-bond acceptors (Lipinski definition) is 4. The Morgan fingerprint density at radius 2 is 2.29 bits per heavy atom. The van der Waals surface area contributed by atoms with E-state index < -0.39 is 11.9 Å². The third-order valence-corrected chi connectivity index (χ3v) is 5.08. The Bertz CT molecular complexity index is 535. The van der Waals surface area contributed by atoms with Crippen molar-refractivity contribution in [2.75, 3.05) is 0 Å². The Hall–Kier alpha value is -0.720. The summed E-state index contributed by atoms with van der Waals surface area (Å²) >= 11 is 6.48. The normalized spacial score (nSPS) is 12.6. The highest BCUT2D eigenvalue weighted by molar-refractivity contribution is 9.10. The molecule has 6 heteroatoms. The maximum atomic E-state index is 11.0. The summed E-state index contributed by atoms with van der Waals surface area (Å²) in [6.07, 6.45) is 0.562. The molecule has 0 bridgehead atoms. The number of halogens is 1. The molecule has 2 heterocycles. The van der Waals surface area contributed by atoms with Gasteiger partial charge in [-0.05, 0) is 28.4 Å². The van der Waals surface area contributed by atoms with E-state index in [1.807, 2.05) is 23.8 Å². The van der Waals surface area contributed by atoms with E-state index in [0.717, 1.165) is 14.4 Å². The van der Waals surface area contributed by atoms with E-state index >= 15 is 0 Å². The lowest BCUT2D eigenvalue weighted by Crippen LogP contribution is -2.10. The quantitative estimate of drug-likeness (QED) is 0.912. The van der Waals surface area contributed by atoms with E-state index in [1.165, 1.54) is 11.3 Å². The minimum atomic E-state index is -0.809. The van der Waals surface area contributed by atoms with Crippen LogP contribution in [-0.2, 0) is 4.79 Å². The van der Waals surface area contributed by atoms with E-state index in [-0.39, 0.29) is 0 Å². The molecule has 0 aliphatic carbocycles. The third-order valence-electron chi connectivity index (χ3n) is 2.36. The number of rotatable bonds is 4. The summed E-state index contributed by atoms with van der Waals surface area (Å²) in [6.45, 7) is 1.86. The maximum absolute atomic E-state index is 11.0. The van der Waals surface area contributed by atoms with Gasteiger partial charge in [0, 0.05) is 15.2 Å². The number of aromatic nitrogens is 1. The zero-order chi connectivity index (χ0) is 12.4. The van der Waals surface area contributed by atoms with Gasteiger partial charge in [-0.25, -0.2) is 4.98 Å². The molecule has 0 aliphatic rings. The van der Waals surface area contributed by atoms with E-state index in [2.05, 4.69) is 20.9 Å². The van der Waals surface area contributed by atoms with Gasteiger partial charge in [0.1, 0.15) is 5.01 Å². The molecule has 0 aliphatic heterocycles. The van der Waals surface area contributed by atoms with Crippen molar-refractivity contribution in [3.8, 4) is 9.88 Å². The zero-order valence-corrected chi connectivity index (χ0v) is 12.2. The van der Waals surface area contributed by atoms with Crippen LogP contribution in [0.25, 0.3) is 9.88 Å². The molecule has 0 aromatic carbocycles. The molecule has 0 amide bonds. The highest BCUT2D eigenvalue weighted by atomic mass is 79.9. The number of hydrogen-bond donors (Lipinski definition) is 1. The molecule has 1 N–H and O–H groups in total. The lowest BCUT2D eigenvalue weighted by Gasteiger charge is -2.04. The third kappa shape index (κ3) is 2.75. The van der Waals surface area contributed by atoms with Crippen molar-refractivity contribution in [3.63, 3.8) is 0 Å². The summed E-state index contributed by atoms with van der Waals surface area (Å²) in [5.74, 6) is -1.31. The first-order chi connectivity index (χ1) is 8.11. The molecule has 17 heavy (non-hydrogen) atoms. The molecule has 0 saturated carbocycles. The molecule has 0 saturated heterocycles. The fourth-order valence-electron chi connectivity index (χ4n) is 1.49. The van der Waals surface area contributed by atoms with Gasteiger partial charge in [-0.15, -0.1) is 22.7 Å². The minimum absolute atomic E-state index is 0.497. The smallest absolute Gasteiger partial charge is 0.312 e. The van der Waals surface area contributed by atoms with Gasteiger partial charge in [-0.1, -0.05) is 6.92 Å². The van der Waals surface area contributed by atoms with Crippen LogP contribution in [0.4, 0.5) is 0 Å². The molecular weight excluding hydrogens is 322 g/mol. The SMILES string of the molecule is CCC(C(=O)O)c1csc(-c2cc(Br)cs2)n1. The van der Waals surface area contributed by atoms with Crippen LogP contribution >= 0.6 is 38.6 Å². The van der Waals surface area contributed by atoms with Gasteiger partial charge < -0.3 is 5.11 Å². The first-order valence-corrected chi connectivity index (χ1v) is 7.59. The molecule has 2 rings (SSSR count). The largest absolute Gasteiger partial charge is 0.481 e. The molecule has 2 aromatic heterocycles. The monoisotopic (exact) mass is 331 g/mol. The van der Waals surface area contributed by atoms with Crippen LogP contribution in [0.15, 0.2) is 21.3 Å². The van der Waals surface area contributed by atoms with Crippen molar-refractivity contribution in [1.82, 2.24) is 4.98 Å². The predicted octanol–water partition coefficient (Wildman–Crippen LogP) is 4.21. The Labute approximate surface area is 115 Å². The molecule has 1 unspecified atom stereocenters. The number of thiazole rings is 1. The average molecular weight is 332 g/mol. The van der Waals surface area contributed by atoms with Crippen molar-refractivity contribution >= 4 is 44.6 Å². The molecule has 0 fully saturated rings. The average Bonchev–Trinajstić information content (AvgIpc) is 2.87. The standard InChI is InChI=1S/C11H10BrNO2S2/c1-2-7(11(14)15)8-5-17-10(13-8)9-3-6(12)4-16-9/h3-5,7H,2H2,1H3,(H,14,15). The van der Waals surface area contributed by atoms with E-state index in [4.69, 9.17) is 5.11 Å². The van der Waals surface area contributed by atoms with Gasteiger partial charge in [0.05, 0.1) is 16.5 Å². The van der Waals surface area contributed by atoms with Crippen molar-refractivity contribution in [2.24, 2.45) is 0 Å². The summed E-state index contributed by atoms with van der Waals surface area (Å²) in [5, 5.41) is 13.8. The van der Waals surface area contributed by atoms with E-state index in [9.17, 15) is 4.79 Å². The summed E-state index contributed by atoms with van der Waals surface area (Å²) in [7, 11) is 0. The maximum Gasteiger partial charge on any atom is 0.312 e. The highest BCUT2D eigenvalue weighted by Gasteiger charge is 2.21. The topological polar surface area (TPSA) is 50.2 Å². The second-order valence-corrected chi connectivity index (χ2v) is 6.19. The first-order valence-electron chi connectivity index (χ1n) is 5.04. The van der Waals surface area contributed by atoms with Crippen LogP contribution in [0.3, 0.4) is 0 Å². The summed E-state index contributed by atoms with van der Waals surface area (Å²) in [6, 6.07) is 2.00. The zero-order valence-electron chi connectivity index (χ0n) is 9.01. The van der Waals surface area contributed by atoms with Crippen molar-refractivity contribution in [2.45, 2.75) is 19.3 Å². The lowest BCUT2D eigenvalue weighted by atomic mass is 10.0. The van der Waals surface area contributed by atoms with Crippen molar-refractivity contribution in [3.05, 3.63) is 27.0 Å². The summed E-state index contributed by atoms with van der Waals surface area (Å²) in [4.78, 5) is 16.5. The molecule has 1 atom stereocenters. The molecule has 0 spiro atoms. The Morgan fingerprint density at radius 1 is 1.53 bits per heavy atom. The predicted molar refractivity (Wildman–Crippen MR) is 73.8 cm³/mol. The molecule has 90 valence electrons. The number of carbonyl (C=O) groups is 1. The summed E-state index contributed by atoms with van der Waals surface area (Å²) in [5.41, 5.74) is 0.657. The molecule has 2 aromatic rings.